The number of aryl methyl sites for hydroxylation is 2. The van der Waals surface area contributed by atoms with E-state index in [2.05, 4.69) is 26.2 Å². The van der Waals surface area contributed by atoms with Crippen LogP contribution in [-0.4, -0.2) is 4.98 Å². The first-order valence-electron chi connectivity index (χ1n) is 5.21. The summed E-state index contributed by atoms with van der Waals surface area (Å²) in [6, 6.07) is 7.12. The molecule has 2 rings (SSSR count). The molecule has 1 aromatic heterocycles. The zero-order chi connectivity index (χ0) is 12.4. The second-order valence-corrected chi connectivity index (χ2v) is 4.71. The van der Waals surface area contributed by atoms with Gasteiger partial charge in [0.05, 0.1) is 0 Å². The standard InChI is InChI=1S/C13H12BrFN2/c1-8-5-11(6-9(2)13(8)14)17-10-3-4-16-12(15)7-10/h3-7H,1-2H3,(H,16,17). The highest BCUT2D eigenvalue weighted by molar-refractivity contribution is 9.10. The van der Waals surface area contributed by atoms with Gasteiger partial charge in [0, 0.05) is 28.1 Å². The van der Waals surface area contributed by atoms with Crippen LogP contribution in [0.3, 0.4) is 0 Å². The minimum Gasteiger partial charge on any atom is -0.355 e. The van der Waals surface area contributed by atoms with E-state index in [4.69, 9.17) is 0 Å². The van der Waals surface area contributed by atoms with Crippen molar-refractivity contribution in [3.8, 4) is 0 Å². The number of nitrogens with zero attached hydrogens (tertiary/aromatic N) is 1. The van der Waals surface area contributed by atoms with Gasteiger partial charge in [-0.15, -0.1) is 0 Å². The summed E-state index contributed by atoms with van der Waals surface area (Å²) < 4.78 is 14.0. The molecule has 17 heavy (non-hydrogen) atoms. The van der Waals surface area contributed by atoms with Crippen LogP contribution in [0.25, 0.3) is 0 Å². The lowest BCUT2D eigenvalue weighted by molar-refractivity contribution is 0.584. The first-order chi connectivity index (χ1) is 8.06. The molecule has 0 amide bonds. The molecule has 0 radical (unpaired) electrons. The Balaban J connectivity index is 2.31. The van der Waals surface area contributed by atoms with E-state index in [9.17, 15) is 4.39 Å². The lowest BCUT2D eigenvalue weighted by Gasteiger charge is -2.10. The Labute approximate surface area is 108 Å². The zero-order valence-corrected chi connectivity index (χ0v) is 11.2. The summed E-state index contributed by atoms with van der Waals surface area (Å²) in [6.07, 6.45) is 1.44. The van der Waals surface area contributed by atoms with Crippen molar-refractivity contribution in [2.24, 2.45) is 0 Å². The largest absolute Gasteiger partial charge is 0.355 e. The van der Waals surface area contributed by atoms with Crippen LogP contribution in [0.1, 0.15) is 11.1 Å². The summed E-state index contributed by atoms with van der Waals surface area (Å²) in [4.78, 5) is 3.52. The van der Waals surface area contributed by atoms with Gasteiger partial charge in [0.15, 0.2) is 0 Å². The highest BCUT2D eigenvalue weighted by Crippen LogP contribution is 2.26. The second-order valence-electron chi connectivity index (χ2n) is 3.92. The summed E-state index contributed by atoms with van der Waals surface area (Å²) in [6.45, 7) is 4.05. The Morgan fingerprint density at radius 2 is 1.76 bits per heavy atom. The molecule has 1 heterocycles. The molecule has 0 saturated carbocycles. The molecule has 0 saturated heterocycles. The fraction of sp³-hybridized carbons (Fsp3) is 0.154. The number of pyridine rings is 1. The molecule has 2 nitrogen and oxygen atoms in total. The van der Waals surface area contributed by atoms with Crippen LogP contribution in [-0.2, 0) is 0 Å². The predicted octanol–water partition coefficient (Wildman–Crippen LogP) is 4.34. The van der Waals surface area contributed by atoms with Crippen molar-refractivity contribution >= 4 is 27.3 Å². The predicted molar refractivity (Wildman–Crippen MR) is 71.1 cm³/mol. The molecule has 0 aliphatic rings. The third-order valence-electron chi connectivity index (χ3n) is 2.45. The number of hydrogen-bond donors (Lipinski definition) is 1. The van der Waals surface area contributed by atoms with Crippen molar-refractivity contribution in [2.45, 2.75) is 13.8 Å². The van der Waals surface area contributed by atoms with Crippen LogP contribution in [0.5, 0.6) is 0 Å². The number of nitrogens with one attached hydrogen (secondary N) is 1. The molecular weight excluding hydrogens is 283 g/mol. The number of benzene rings is 1. The minimum atomic E-state index is -0.486. The van der Waals surface area contributed by atoms with Crippen molar-refractivity contribution in [1.29, 1.82) is 0 Å². The van der Waals surface area contributed by atoms with Crippen LogP contribution in [0, 0.1) is 19.8 Å². The molecule has 0 aliphatic heterocycles. The normalized spacial score (nSPS) is 10.4. The monoisotopic (exact) mass is 294 g/mol. The van der Waals surface area contributed by atoms with Crippen LogP contribution in [0.15, 0.2) is 34.9 Å². The lowest BCUT2D eigenvalue weighted by atomic mass is 10.1. The molecular formula is C13H12BrFN2. The van der Waals surface area contributed by atoms with Crippen LogP contribution < -0.4 is 5.32 Å². The van der Waals surface area contributed by atoms with Crippen molar-refractivity contribution in [3.05, 3.63) is 52.0 Å². The zero-order valence-electron chi connectivity index (χ0n) is 9.59. The highest BCUT2D eigenvalue weighted by Gasteiger charge is 2.03. The second kappa shape index (κ2) is 4.84. The first kappa shape index (κ1) is 12.0. The van der Waals surface area contributed by atoms with Gasteiger partial charge in [-0.3, -0.25) is 0 Å². The molecule has 88 valence electrons. The van der Waals surface area contributed by atoms with Gasteiger partial charge in [-0.2, -0.15) is 4.39 Å². The number of anilines is 2. The molecule has 0 bridgehead atoms. The van der Waals surface area contributed by atoms with Crippen LogP contribution >= 0.6 is 15.9 Å². The van der Waals surface area contributed by atoms with Gasteiger partial charge >= 0.3 is 0 Å². The van der Waals surface area contributed by atoms with Gasteiger partial charge in [-0.25, -0.2) is 4.98 Å². The number of rotatable bonds is 2. The van der Waals surface area contributed by atoms with Crippen LogP contribution in [0.2, 0.25) is 0 Å². The van der Waals surface area contributed by atoms with E-state index in [1.807, 2.05) is 26.0 Å². The fourth-order valence-corrected chi connectivity index (χ4v) is 1.89. The molecule has 4 heteroatoms. The molecule has 0 unspecified atom stereocenters. The van der Waals surface area contributed by atoms with Gasteiger partial charge in [0.25, 0.3) is 0 Å². The molecule has 1 aromatic carbocycles. The summed E-state index contributed by atoms with van der Waals surface area (Å²) in [5.41, 5.74) is 3.91. The van der Waals surface area contributed by atoms with E-state index in [1.165, 1.54) is 12.3 Å². The topological polar surface area (TPSA) is 24.9 Å². The maximum absolute atomic E-state index is 12.9. The van der Waals surface area contributed by atoms with E-state index in [1.54, 1.807) is 6.07 Å². The third-order valence-corrected chi connectivity index (χ3v) is 3.70. The Morgan fingerprint density at radius 3 is 2.35 bits per heavy atom. The van der Waals surface area contributed by atoms with E-state index in [-0.39, 0.29) is 0 Å². The van der Waals surface area contributed by atoms with Gasteiger partial charge < -0.3 is 5.32 Å². The SMILES string of the molecule is Cc1cc(Nc2ccnc(F)c2)cc(C)c1Br. The van der Waals surface area contributed by atoms with Gasteiger partial charge in [0.1, 0.15) is 0 Å². The quantitative estimate of drug-likeness (QED) is 0.833. The molecule has 1 N–H and O–H groups in total. The summed E-state index contributed by atoms with van der Waals surface area (Å²) in [5, 5.41) is 3.15. The van der Waals surface area contributed by atoms with Crippen LogP contribution in [0.4, 0.5) is 15.8 Å². The molecule has 0 aliphatic carbocycles. The summed E-state index contributed by atoms with van der Waals surface area (Å²) >= 11 is 3.51. The van der Waals surface area contributed by atoms with E-state index >= 15 is 0 Å². The number of aromatic nitrogens is 1. The lowest BCUT2D eigenvalue weighted by Crippen LogP contribution is -1.94. The van der Waals surface area contributed by atoms with Crippen molar-refractivity contribution in [2.75, 3.05) is 5.32 Å². The summed E-state index contributed by atoms with van der Waals surface area (Å²) in [7, 11) is 0. The Bertz CT molecular complexity index is 532. The molecule has 0 fully saturated rings. The van der Waals surface area contributed by atoms with E-state index in [0.717, 1.165) is 21.3 Å². The number of hydrogen-bond acceptors (Lipinski definition) is 2. The average molecular weight is 295 g/mol. The van der Waals surface area contributed by atoms with Gasteiger partial charge in [-0.05, 0) is 43.2 Å². The fourth-order valence-electron chi connectivity index (χ4n) is 1.66. The van der Waals surface area contributed by atoms with Crippen molar-refractivity contribution < 1.29 is 4.39 Å². The smallest absolute Gasteiger partial charge is 0.214 e. The maximum Gasteiger partial charge on any atom is 0.214 e. The van der Waals surface area contributed by atoms with E-state index in [0.29, 0.717) is 5.69 Å². The molecule has 2 aromatic rings. The average Bonchev–Trinajstić information content (AvgIpc) is 2.26. The third kappa shape index (κ3) is 2.82. The minimum absolute atomic E-state index is 0.486. The number of halogens is 2. The highest BCUT2D eigenvalue weighted by atomic mass is 79.9. The molecule has 0 atom stereocenters. The Hall–Kier alpha value is -1.42. The Kier molecular flexibility index (Phi) is 3.43. The van der Waals surface area contributed by atoms with Gasteiger partial charge in [-0.1, -0.05) is 15.9 Å². The Morgan fingerprint density at radius 1 is 1.12 bits per heavy atom. The summed E-state index contributed by atoms with van der Waals surface area (Å²) in [5.74, 6) is -0.486. The maximum atomic E-state index is 12.9. The molecule has 0 spiro atoms. The first-order valence-corrected chi connectivity index (χ1v) is 6.01. The van der Waals surface area contributed by atoms with E-state index < -0.39 is 5.95 Å². The van der Waals surface area contributed by atoms with Crippen molar-refractivity contribution in [3.63, 3.8) is 0 Å². The van der Waals surface area contributed by atoms with Crippen molar-refractivity contribution in [1.82, 2.24) is 4.98 Å². The van der Waals surface area contributed by atoms with Gasteiger partial charge in [0.2, 0.25) is 5.95 Å².